The molecule has 0 aromatic heterocycles. The van der Waals surface area contributed by atoms with Gasteiger partial charge in [-0.25, -0.2) is 0 Å². The third kappa shape index (κ3) is 5.49. The van der Waals surface area contributed by atoms with Crippen molar-refractivity contribution in [2.45, 2.75) is 39.2 Å². The molecule has 0 aliphatic rings. The van der Waals surface area contributed by atoms with Crippen molar-refractivity contribution in [2.24, 2.45) is 0 Å². The lowest BCUT2D eigenvalue weighted by Crippen LogP contribution is -2.19. The number of phenolic OH excluding ortho intramolecular Hbond substituents is 1. The van der Waals surface area contributed by atoms with Gasteiger partial charge in [0.1, 0.15) is 11.5 Å². The summed E-state index contributed by atoms with van der Waals surface area (Å²) in [5, 5.41) is 20.1. The predicted octanol–water partition coefficient (Wildman–Crippen LogP) is 3.91. The van der Waals surface area contributed by atoms with Gasteiger partial charge in [0.05, 0.1) is 12.7 Å². The van der Waals surface area contributed by atoms with E-state index in [0.717, 1.165) is 6.42 Å². The maximum Gasteiger partial charge on any atom is 0.123 e. The number of phenols is 1. The third-order valence-electron chi connectivity index (χ3n) is 3.06. The highest BCUT2D eigenvalue weighted by Gasteiger charge is 2.15. The molecule has 2 N–H and O–H groups in total. The standard InChI is InChI=1S/C17H24O3/c1-13(2)6-5-10-17(3,19)11-9-14-12-15(20-4)7-8-16(14)18/h6-9,11-12,18-19H,5,10H2,1-4H3/b11-9+. The molecule has 1 aromatic rings. The Labute approximate surface area is 121 Å². The maximum absolute atomic E-state index is 10.3. The van der Waals surface area contributed by atoms with Crippen LogP contribution in [0.4, 0.5) is 0 Å². The Morgan fingerprint density at radius 1 is 1.35 bits per heavy atom. The molecule has 0 heterocycles. The quantitative estimate of drug-likeness (QED) is 0.774. The van der Waals surface area contributed by atoms with Gasteiger partial charge in [0, 0.05) is 5.56 Å². The molecule has 110 valence electrons. The molecule has 0 bridgehead atoms. The molecule has 1 unspecified atom stereocenters. The fourth-order valence-corrected chi connectivity index (χ4v) is 1.80. The number of allylic oxidation sites excluding steroid dienone is 2. The molecule has 0 aliphatic carbocycles. The van der Waals surface area contributed by atoms with E-state index in [0.29, 0.717) is 17.7 Å². The second kappa shape index (κ2) is 7.15. The molecule has 3 heteroatoms. The lowest BCUT2D eigenvalue weighted by Gasteiger charge is -2.18. The van der Waals surface area contributed by atoms with Gasteiger partial charge >= 0.3 is 0 Å². The second-order valence-electron chi connectivity index (χ2n) is 5.44. The smallest absolute Gasteiger partial charge is 0.123 e. The van der Waals surface area contributed by atoms with Crippen molar-refractivity contribution in [2.75, 3.05) is 7.11 Å². The van der Waals surface area contributed by atoms with Gasteiger partial charge < -0.3 is 14.9 Å². The molecule has 0 aliphatic heterocycles. The van der Waals surface area contributed by atoms with Gasteiger partial charge in [0.2, 0.25) is 0 Å². The summed E-state index contributed by atoms with van der Waals surface area (Å²) in [6.45, 7) is 5.84. The molecule has 0 amide bonds. The Hall–Kier alpha value is -1.74. The number of ether oxygens (including phenoxy) is 1. The number of hydrogen-bond acceptors (Lipinski definition) is 3. The zero-order chi connectivity index (χ0) is 15.2. The van der Waals surface area contributed by atoms with Crippen LogP contribution in [0.3, 0.4) is 0 Å². The maximum atomic E-state index is 10.3. The van der Waals surface area contributed by atoms with Crippen LogP contribution in [0.1, 0.15) is 39.2 Å². The van der Waals surface area contributed by atoms with Crippen LogP contribution in [0.25, 0.3) is 6.08 Å². The number of hydrogen-bond donors (Lipinski definition) is 2. The van der Waals surface area contributed by atoms with Crippen LogP contribution in [0, 0.1) is 0 Å². The molecule has 1 rings (SSSR count). The van der Waals surface area contributed by atoms with Crippen molar-refractivity contribution in [1.29, 1.82) is 0 Å². The van der Waals surface area contributed by atoms with E-state index >= 15 is 0 Å². The molecule has 0 spiro atoms. The van der Waals surface area contributed by atoms with E-state index in [-0.39, 0.29) is 5.75 Å². The molecule has 1 aromatic carbocycles. The number of methoxy groups -OCH3 is 1. The fourth-order valence-electron chi connectivity index (χ4n) is 1.80. The number of benzene rings is 1. The molecule has 0 radical (unpaired) electrons. The SMILES string of the molecule is COc1ccc(O)c(/C=C/C(C)(O)CCC=C(C)C)c1. The van der Waals surface area contributed by atoms with Gasteiger partial charge in [-0.1, -0.05) is 23.8 Å². The van der Waals surface area contributed by atoms with Gasteiger partial charge in [-0.15, -0.1) is 0 Å². The molecular formula is C17H24O3. The second-order valence-corrected chi connectivity index (χ2v) is 5.44. The molecule has 20 heavy (non-hydrogen) atoms. The topological polar surface area (TPSA) is 49.7 Å². The van der Waals surface area contributed by atoms with E-state index < -0.39 is 5.60 Å². The molecule has 3 nitrogen and oxygen atoms in total. The summed E-state index contributed by atoms with van der Waals surface area (Å²) in [5.41, 5.74) is 0.976. The summed E-state index contributed by atoms with van der Waals surface area (Å²) >= 11 is 0. The van der Waals surface area contributed by atoms with Gasteiger partial charge in [0.15, 0.2) is 0 Å². The average molecular weight is 276 g/mol. The van der Waals surface area contributed by atoms with E-state index in [1.54, 1.807) is 44.4 Å². The Bertz CT molecular complexity index is 495. The normalized spacial score (nSPS) is 14.1. The summed E-state index contributed by atoms with van der Waals surface area (Å²) < 4.78 is 5.12. The Morgan fingerprint density at radius 3 is 2.65 bits per heavy atom. The first kappa shape index (κ1) is 16.3. The fraction of sp³-hybridized carbons (Fsp3) is 0.412. The first-order valence-corrected chi connectivity index (χ1v) is 6.76. The lowest BCUT2D eigenvalue weighted by atomic mass is 9.97. The average Bonchev–Trinajstić information content (AvgIpc) is 2.37. The molecule has 0 fully saturated rings. The lowest BCUT2D eigenvalue weighted by molar-refractivity contribution is 0.104. The van der Waals surface area contributed by atoms with Crippen LogP contribution >= 0.6 is 0 Å². The van der Waals surface area contributed by atoms with Gasteiger partial charge in [-0.3, -0.25) is 0 Å². The van der Waals surface area contributed by atoms with Gasteiger partial charge in [-0.2, -0.15) is 0 Å². The first-order chi connectivity index (χ1) is 9.34. The largest absolute Gasteiger partial charge is 0.507 e. The van der Waals surface area contributed by atoms with Crippen molar-refractivity contribution in [1.82, 2.24) is 0 Å². The zero-order valence-corrected chi connectivity index (χ0v) is 12.7. The van der Waals surface area contributed by atoms with Crippen molar-refractivity contribution in [3.8, 4) is 11.5 Å². The number of rotatable bonds is 6. The minimum Gasteiger partial charge on any atom is -0.507 e. The summed E-state index contributed by atoms with van der Waals surface area (Å²) in [6.07, 6.45) is 7.00. The van der Waals surface area contributed by atoms with E-state index in [1.807, 2.05) is 13.8 Å². The first-order valence-electron chi connectivity index (χ1n) is 6.76. The van der Waals surface area contributed by atoms with Crippen LogP contribution in [-0.4, -0.2) is 22.9 Å². The van der Waals surface area contributed by atoms with Crippen molar-refractivity contribution in [3.63, 3.8) is 0 Å². The van der Waals surface area contributed by atoms with E-state index in [1.165, 1.54) is 5.57 Å². The van der Waals surface area contributed by atoms with Gasteiger partial charge in [-0.05, 0) is 51.8 Å². The molecule has 0 saturated heterocycles. The van der Waals surface area contributed by atoms with E-state index in [2.05, 4.69) is 6.08 Å². The van der Waals surface area contributed by atoms with Crippen LogP contribution in [0.15, 0.2) is 35.9 Å². The molecule has 1 atom stereocenters. The highest BCUT2D eigenvalue weighted by molar-refractivity contribution is 5.59. The highest BCUT2D eigenvalue weighted by Crippen LogP contribution is 2.25. The third-order valence-corrected chi connectivity index (χ3v) is 3.06. The van der Waals surface area contributed by atoms with Crippen LogP contribution in [0.5, 0.6) is 11.5 Å². The molecule has 0 saturated carbocycles. The minimum absolute atomic E-state index is 0.169. The predicted molar refractivity (Wildman–Crippen MR) is 83.0 cm³/mol. The number of aliphatic hydroxyl groups is 1. The number of aromatic hydroxyl groups is 1. The highest BCUT2D eigenvalue weighted by atomic mass is 16.5. The van der Waals surface area contributed by atoms with E-state index in [4.69, 9.17) is 4.74 Å². The van der Waals surface area contributed by atoms with Crippen LogP contribution in [0.2, 0.25) is 0 Å². The van der Waals surface area contributed by atoms with Gasteiger partial charge in [0.25, 0.3) is 0 Å². The van der Waals surface area contributed by atoms with Crippen LogP contribution < -0.4 is 4.74 Å². The summed E-state index contributed by atoms with van der Waals surface area (Å²) in [6, 6.07) is 5.01. The Kier molecular flexibility index (Phi) is 5.83. The van der Waals surface area contributed by atoms with Crippen molar-refractivity contribution in [3.05, 3.63) is 41.5 Å². The van der Waals surface area contributed by atoms with Crippen molar-refractivity contribution < 1.29 is 14.9 Å². The summed E-state index contributed by atoms with van der Waals surface area (Å²) in [4.78, 5) is 0. The van der Waals surface area contributed by atoms with Crippen LogP contribution in [-0.2, 0) is 0 Å². The van der Waals surface area contributed by atoms with Crippen molar-refractivity contribution >= 4 is 6.08 Å². The Balaban J connectivity index is 2.77. The summed E-state index contributed by atoms with van der Waals surface area (Å²) in [7, 11) is 1.58. The minimum atomic E-state index is -0.901. The monoisotopic (exact) mass is 276 g/mol. The summed E-state index contributed by atoms with van der Waals surface area (Å²) in [5.74, 6) is 0.841. The molecular weight excluding hydrogens is 252 g/mol. The van der Waals surface area contributed by atoms with E-state index in [9.17, 15) is 10.2 Å². The zero-order valence-electron chi connectivity index (χ0n) is 12.7. The Morgan fingerprint density at radius 2 is 2.05 bits per heavy atom.